The number of hydrogen-bond donors (Lipinski definition) is 2. The number of aromatic nitrogens is 1. The second kappa shape index (κ2) is 8.02. The first-order chi connectivity index (χ1) is 13.4. The quantitative estimate of drug-likeness (QED) is 0.287. The van der Waals surface area contributed by atoms with Crippen LogP contribution in [0.3, 0.4) is 0 Å². The van der Waals surface area contributed by atoms with Gasteiger partial charge in [0, 0.05) is 30.2 Å². The molecule has 0 radical (unpaired) electrons. The molecule has 9 heteroatoms. The Kier molecular flexibility index (Phi) is 5.70. The van der Waals surface area contributed by atoms with Crippen LogP contribution in [0.25, 0.3) is 10.9 Å². The second-order valence-electron chi connectivity index (χ2n) is 6.61. The third-order valence-electron chi connectivity index (χ3n) is 4.41. The molecule has 1 fully saturated rings. The Hall–Kier alpha value is -2.86. The summed E-state index contributed by atoms with van der Waals surface area (Å²) in [4.78, 5) is 15.4. The van der Waals surface area contributed by atoms with Gasteiger partial charge in [0.1, 0.15) is 17.4 Å². The molecule has 0 amide bonds. The number of allylic oxidation sites excluding steroid dienone is 1. The van der Waals surface area contributed by atoms with E-state index in [1.807, 2.05) is 6.07 Å². The fourth-order valence-electron chi connectivity index (χ4n) is 2.93. The number of ketones is 1. The van der Waals surface area contributed by atoms with Gasteiger partial charge in [0.25, 0.3) is 0 Å². The number of carbonyl (C=O) groups excluding carboxylic acids is 1. The van der Waals surface area contributed by atoms with Crippen LogP contribution >= 0.6 is 0 Å². The van der Waals surface area contributed by atoms with Crippen LogP contribution in [0.5, 0.6) is 5.75 Å². The lowest BCUT2D eigenvalue weighted by Gasteiger charge is -2.11. The average molecular weight is 405 g/mol. The smallest absolute Gasteiger partial charge is 0.309 e. The molecule has 0 atom stereocenters. The average Bonchev–Trinajstić information content (AvgIpc) is 3.42. The lowest BCUT2D eigenvalue weighted by molar-refractivity contribution is 0.103. The molecule has 148 valence electrons. The maximum Gasteiger partial charge on any atom is 0.309 e. The van der Waals surface area contributed by atoms with Crippen molar-refractivity contribution in [3.05, 3.63) is 41.2 Å². The van der Waals surface area contributed by atoms with E-state index in [-0.39, 0.29) is 29.4 Å². The number of halogens is 1. The van der Waals surface area contributed by atoms with Crippen LogP contribution in [0, 0.1) is 11.3 Å². The fraction of sp³-hybridized carbons (Fsp3) is 0.368. The summed E-state index contributed by atoms with van der Waals surface area (Å²) in [5.41, 5.74) is 1.43. The highest BCUT2D eigenvalue weighted by Crippen LogP contribution is 2.46. The molecule has 0 bridgehead atoms. The third-order valence-corrected chi connectivity index (χ3v) is 5.63. The van der Waals surface area contributed by atoms with Gasteiger partial charge in [-0.1, -0.05) is 0 Å². The summed E-state index contributed by atoms with van der Waals surface area (Å²) in [5.74, 6) is -0.482. The van der Waals surface area contributed by atoms with Crippen LogP contribution in [0.1, 0.15) is 41.2 Å². The standard InChI is InChI=1S/C19H20FN3O4S/c1-22-11-14(10-21)19(24)17-8-13-7-15(12-3-4-12)18(9-16(13)23-17)27-28(25,26)6-2-5-20/h7-9,11-12,22-23H,2-6H2,1H3/b14-11+. The van der Waals surface area contributed by atoms with Gasteiger partial charge in [0.2, 0.25) is 5.78 Å². The normalized spacial score (nSPS) is 14.7. The number of nitrogens with zero attached hydrogens (tertiary/aromatic N) is 1. The molecule has 2 N–H and O–H groups in total. The summed E-state index contributed by atoms with van der Waals surface area (Å²) in [7, 11) is -2.32. The van der Waals surface area contributed by atoms with Gasteiger partial charge in [-0.3, -0.25) is 9.18 Å². The first-order valence-corrected chi connectivity index (χ1v) is 10.4. The minimum atomic E-state index is -3.91. The van der Waals surface area contributed by atoms with E-state index in [1.165, 1.54) is 6.20 Å². The highest BCUT2D eigenvalue weighted by atomic mass is 32.2. The number of alkyl halides is 1. The number of nitrogens with one attached hydrogen (secondary N) is 2. The number of benzene rings is 1. The number of Topliss-reactive ketones (excluding diaryl/α,β-unsaturated/α-hetero) is 1. The number of fused-ring (bicyclic) bond motifs is 1. The Morgan fingerprint density at radius 1 is 1.43 bits per heavy atom. The van der Waals surface area contributed by atoms with E-state index in [4.69, 9.17) is 9.44 Å². The van der Waals surface area contributed by atoms with E-state index in [1.54, 1.807) is 25.2 Å². The topological polar surface area (TPSA) is 112 Å². The number of H-pyrrole nitrogens is 1. The lowest BCUT2D eigenvalue weighted by Crippen LogP contribution is -2.15. The van der Waals surface area contributed by atoms with Crippen molar-refractivity contribution < 1.29 is 21.8 Å². The number of rotatable bonds is 9. The number of carbonyl (C=O) groups is 1. The first kappa shape index (κ1) is 19.9. The maximum absolute atomic E-state index is 12.5. The van der Waals surface area contributed by atoms with E-state index in [0.29, 0.717) is 5.52 Å². The highest BCUT2D eigenvalue weighted by Gasteiger charge is 2.29. The van der Waals surface area contributed by atoms with Crippen molar-refractivity contribution >= 4 is 26.8 Å². The van der Waals surface area contributed by atoms with Crippen molar-refractivity contribution in [1.82, 2.24) is 10.3 Å². The Bertz CT molecular complexity index is 1080. The van der Waals surface area contributed by atoms with Crippen LogP contribution in [0.15, 0.2) is 30.0 Å². The molecule has 28 heavy (non-hydrogen) atoms. The second-order valence-corrected chi connectivity index (χ2v) is 8.30. The van der Waals surface area contributed by atoms with E-state index in [0.717, 1.165) is 23.8 Å². The van der Waals surface area contributed by atoms with Gasteiger partial charge >= 0.3 is 10.1 Å². The van der Waals surface area contributed by atoms with Gasteiger partial charge < -0.3 is 14.5 Å². The summed E-state index contributed by atoms with van der Waals surface area (Å²) >= 11 is 0. The molecule has 2 aromatic rings. The minimum absolute atomic E-state index is 0.0539. The molecular weight excluding hydrogens is 385 g/mol. The first-order valence-electron chi connectivity index (χ1n) is 8.85. The highest BCUT2D eigenvalue weighted by molar-refractivity contribution is 7.87. The number of nitriles is 1. The van der Waals surface area contributed by atoms with Crippen molar-refractivity contribution in [1.29, 1.82) is 5.26 Å². The van der Waals surface area contributed by atoms with E-state index < -0.39 is 28.3 Å². The molecule has 1 saturated carbocycles. The Morgan fingerprint density at radius 3 is 2.79 bits per heavy atom. The van der Waals surface area contributed by atoms with Crippen molar-refractivity contribution in [2.24, 2.45) is 0 Å². The molecule has 1 aliphatic rings. The monoisotopic (exact) mass is 405 g/mol. The zero-order valence-corrected chi connectivity index (χ0v) is 16.1. The molecule has 3 rings (SSSR count). The summed E-state index contributed by atoms with van der Waals surface area (Å²) in [6.07, 6.45) is 3.03. The van der Waals surface area contributed by atoms with Crippen LogP contribution in [-0.4, -0.2) is 38.7 Å². The van der Waals surface area contributed by atoms with Crippen molar-refractivity contribution in [2.75, 3.05) is 19.5 Å². The van der Waals surface area contributed by atoms with E-state index in [2.05, 4.69) is 10.3 Å². The van der Waals surface area contributed by atoms with Gasteiger partial charge in [-0.05, 0) is 42.9 Å². The predicted octanol–water partition coefficient (Wildman–Crippen LogP) is 2.92. The molecule has 0 aliphatic heterocycles. The summed E-state index contributed by atoms with van der Waals surface area (Å²) in [5, 5.41) is 12.5. The zero-order valence-electron chi connectivity index (χ0n) is 15.3. The number of hydrogen-bond acceptors (Lipinski definition) is 6. The summed E-state index contributed by atoms with van der Waals surface area (Å²) in [6.45, 7) is -0.736. The lowest BCUT2D eigenvalue weighted by atomic mass is 10.1. The van der Waals surface area contributed by atoms with E-state index in [9.17, 15) is 17.6 Å². The van der Waals surface area contributed by atoms with Crippen molar-refractivity contribution in [3.63, 3.8) is 0 Å². The van der Waals surface area contributed by atoms with Gasteiger partial charge in [0.15, 0.2) is 0 Å². The summed E-state index contributed by atoms with van der Waals surface area (Å²) in [6, 6.07) is 6.81. The van der Waals surface area contributed by atoms with Gasteiger partial charge in [0.05, 0.1) is 18.1 Å². The molecule has 1 aliphatic carbocycles. The largest absolute Gasteiger partial charge is 0.393 e. The summed E-state index contributed by atoms with van der Waals surface area (Å²) < 4.78 is 41.8. The Balaban J connectivity index is 1.99. The van der Waals surface area contributed by atoms with Crippen LogP contribution < -0.4 is 9.50 Å². The van der Waals surface area contributed by atoms with Crippen molar-refractivity contribution in [3.8, 4) is 11.8 Å². The fourth-order valence-corrected chi connectivity index (χ4v) is 3.90. The van der Waals surface area contributed by atoms with Crippen LogP contribution in [0.2, 0.25) is 0 Å². The predicted molar refractivity (Wildman–Crippen MR) is 102 cm³/mol. The van der Waals surface area contributed by atoms with Crippen LogP contribution in [-0.2, 0) is 10.1 Å². The molecular formula is C19H20FN3O4S. The Morgan fingerprint density at radius 2 is 2.18 bits per heavy atom. The van der Waals surface area contributed by atoms with Gasteiger partial charge in [-0.15, -0.1) is 0 Å². The number of aromatic amines is 1. The zero-order chi connectivity index (χ0) is 20.3. The maximum atomic E-state index is 12.5. The SMILES string of the molecule is CN/C=C(\C#N)C(=O)c1cc2cc(C3CC3)c(OS(=O)(=O)CCCF)cc2[nH]1. The minimum Gasteiger partial charge on any atom is -0.393 e. The Labute approximate surface area is 162 Å². The molecule has 0 unspecified atom stereocenters. The van der Waals surface area contributed by atoms with Crippen LogP contribution in [0.4, 0.5) is 4.39 Å². The molecule has 1 aromatic carbocycles. The third kappa shape index (κ3) is 4.34. The molecule has 1 aromatic heterocycles. The molecule has 0 spiro atoms. The van der Waals surface area contributed by atoms with E-state index >= 15 is 0 Å². The van der Waals surface area contributed by atoms with Gasteiger partial charge in [-0.25, -0.2) is 0 Å². The van der Waals surface area contributed by atoms with Crippen molar-refractivity contribution in [2.45, 2.75) is 25.2 Å². The van der Waals surface area contributed by atoms with Gasteiger partial charge in [-0.2, -0.15) is 13.7 Å². The molecule has 1 heterocycles. The molecule has 0 saturated heterocycles. The molecule has 7 nitrogen and oxygen atoms in total.